The van der Waals surface area contributed by atoms with Crippen LogP contribution in [0.15, 0.2) is 36.5 Å². The van der Waals surface area contributed by atoms with Gasteiger partial charge < -0.3 is 14.6 Å². The number of methoxy groups -OCH3 is 1. The van der Waals surface area contributed by atoms with Gasteiger partial charge in [-0.25, -0.2) is 4.39 Å². The van der Waals surface area contributed by atoms with Crippen LogP contribution in [0.25, 0.3) is 10.9 Å². The monoisotopic (exact) mass is 372 g/mol. The molecule has 0 atom stereocenters. The summed E-state index contributed by atoms with van der Waals surface area (Å²) >= 11 is 6.34. The summed E-state index contributed by atoms with van der Waals surface area (Å²) in [5.41, 5.74) is 3.25. The van der Waals surface area contributed by atoms with Gasteiger partial charge in [0.05, 0.1) is 19.2 Å². The standard InChI is InChI=1S/C20H18ClFN2O2/c1-26-18-7-6-16(21)15-3-2-8-24(20(15)18)19(25)9-12-11-23-17-10-13(22)4-5-14(12)17/h4-7,10-11,23H,2-3,8-9H2,1H3. The summed E-state index contributed by atoms with van der Waals surface area (Å²) in [6.45, 7) is 0.625. The first-order valence-electron chi connectivity index (χ1n) is 8.49. The summed E-state index contributed by atoms with van der Waals surface area (Å²) in [7, 11) is 1.59. The van der Waals surface area contributed by atoms with Crippen LogP contribution in [-0.2, 0) is 17.6 Å². The Bertz CT molecular complexity index is 999. The van der Waals surface area contributed by atoms with Crippen molar-refractivity contribution in [3.05, 3.63) is 58.5 Å². The molecule has 6 heteroatoms. The summed E-state index contributed by atoms with van der Waals surface area (Å²) < 4.78 is 18.8. The van der Waals surface area contributed by atoms with Crippen molar-refractivity contribution in [2.75, 3.05) is 18.6 Å². The molecule has 0 fully saturated rings. The largest absolute Gasteiger partial charge is 0.495 e. The topological polar surface area (TPSA) is 45.3 Å². The number of aromatic nitrogens is 1. The fourth-order valence-corrected chi connectivity index (χ4v) is 3.87. The molecule has 1 amide bonds. The first kappa shape index (κ1) is 16.9. The van der Waals surface area contributed by atoms with E-state index in [4.69, 9.17) is 16.3 Å². The van der Waals surface area contributed by atoms with Crippen LogP contribution in [0.3, 0.4) is 0 Å². The molecule has 3 aromatic rings. The number of nitrogens with one attached hydrogen (secondary N) is 1. The Labute approximate surface area is 155 Å². The molecule has 0 spiro atoms. The van der Waals surface area contributed by atoms with Gasteiger partial charge in [-0.1, -0.05) is 11.6 Å². The van der Waals surface area contributed by atoms with Gasteiger partial charge in [0, 0.05) is 28.7 Å². The number of halogens is 2. The molecule has 0 radical (unpaired) electrons. The number of fused-ring (bicyclic) bond motifs is 2. The van der Waals surface area contributed by atoms with E-state index >= 15 is 0 Å². The zero-order valence-corrected chi connectivity index (χ0v) is 15.1. The minimum atomic E-state index is -0.304. The molecular weight excluding hydrogens is 355 g/mol. The number of amides is 1. The summed E-state index contributed by atoms with van der Waals surface area (Å²) in [4.78, 5) is 17.8. The van der Waals surface area contributed by atoms with E-state index in [2.05, 4.69) is 4.98 Å². The molecule has 1 aromatic heterocycles. The van der Waals surface area contributed by atoms with Crippen molar-refractivity contribution in [2.24, 2.45) is 0 Å². The van der Waals surface area contributed by atoms with Crippen LogP contribution >= 0.6 is 11.6 Å². The van der Waals surface area contributed by atoms with Gasteiger partial charge in [0.15, 0.2) is 0 Å². The van der Waals surface area contributed by atoms with Crippen molar-refractivity contribution < 1.29 is 13.9 Å². The summed E-state index contributed by atoms with van der Waals surface area (Å²) in [6.07, 6.45) is 3.66. The number of benzene rings is 2. The number of rotatable bonds is 3. The van der Waals surface area contributed by atoms with Gasteiger partial charge in [0.25, 0.3) is 0 Å². The molecule has 0 bridgehead atoms. The van der Waals surface area contributed by atoms with Crippen molar-refractivity contribution in [2.45, 2.75) is 19.3 Å². The Morgan fingerprint density at radius 2 is 2.19 bits per heavy atom. The van der Waals surface area contributed by atoms with Crippen molar-refractivity contribution >= 4 is 34.1 Å². The Balaban J connectivity index is 1.69. The van der Waals surface area contributed by atoms with E-state index in [-0.39, 0.29) is 18.1 Å². The van der Waals surface area contributed by atoms with Crippen molar-refractivity contribution in [1.82, 2.24) is 4.98 Å². The third kappa shape index (κ3) is 2.82. The lowest BCUT2D eigenvalue weighted by Gasteiger charge is -2.31. The highest BCUT2D eigenvalue weighted by Gasteiger charge is 2.28. The van der Waals surface area contributed by atoms with E-state index < -0.39 is 0 Å². The highest BCUT2D eigenvalue weighted by molar-refractivity contribution is 6.32. The maximum atomic E-state index is 13.4. The number of anilines is 1. The minimum absolute atomic E-state index is 0.0308. The number of carbonyl (C=O) groups is 1. The highest BCUT2D eigenvalue weighted by Crippen LogP contribution is 2.40. The lowest BCUT2D eigenvalue weighted by Crippen LogP contribution is -2.37. The second-order valence-electron chi connectivity index (χ2n) is 6.41. The SMILES string of the molecule is COc1ccc(Cl)c2c1N(C(=O)Cc1c[nH]c3cc(F)ccc13)CCC2. The van der Waals surface area contributed by atoms with E-state index in [1.807, 2.05) is 0 Å². The number of H-pyrrole nitrogens is 1. The van der Waals surface area contributed by atoms with Crippen LogP contribution in [0.4, 0.5) is 10.1 Å². The second-order valence-corrected chi connectivity index (χ2v) is 6.81. The molecule has 1 aliphatic heterocycles. The molecule has 0 unspecified atom stereocenters. The number of aromatic amines is 1. The fourth-order valence-electron chi connectivity index (χ4n) is 3.63. The van der Waals surface area contributed by atoms with Gasteiger partial charge in [-0.2, -0.15) is 0 Å². The number of ether oxygens (including phenoxy) is 1. The molecule has 2 aromatic carbocycles. The van der Waals surface area contributed by atoms with Crippen molar-refractivity contribution in [1.29, 1.82) is 0 Å². The average Bonchev–Trinajstić information content (AvgIpc) is 3.03. The number of hydrogen-bond acceptors (Lipinski definition) is 2. The normalized spacial score (nSPS) is 13.7. The maximum Gasteiger partial charge on any atom is 0.231 e. The Hall–Kier alpha value is -2.53. The molecule has 1 aliphatic rings. The molecule has 0 aliphatic carbocycles. The zero-order chi connectivity index (χ0) is 18.3. The third-order valence-corrected chi connectivity index (χ3v) is 5.21. The minimum Gasteiger partial charge on any atom is -0.495 e. The third-order valence-electron chi connectivity index (χ3n) is 4.86. The smallest absolute Gasteiger partial charge is 0.231 e. The lowest BCUT2D eigenvalue weighted by molar-refractivity contribution is -0.118. The Kier molecular flexibility index (Phi) is 4.32. The van der Waals surface area contributed by atoms with E-state index in [1.54, 1.807) is 36.4 Å². The predicted molar refractivity (Wildman–Crippen MR) is 101 cm³/mol. The molecule has 4 nitrogen and oxygen atoms in total. The van der Waals surface area contributed by atoms with Crippen LogP contribution in [0.1, 0.15) is 17.5 Å². The van der Waals surface area contributed by atoms with Crippen LogP contribution in [0.2, 0.25) is 5.02 Å². The summed E-state index contributed by atoms with van der Waals surface area (Å²) in [5.74, 6) is 0.316. The fraction of sp³-hybridized carbons (Fsp3) is 0.250. The van der Waals surface area contributed by atoms with Gasteiger partial charge in [-0.15, -0.1) is 0 Å². The molecular formula is C20H18ClFN2O2. The Morgan fingerprint density at radius 1 is 1.35 bits per heavy atom. The van der Waals surface area contributed by atoms with Gasteiger partial charge in [0.1, 0.15) is 11.6 Å². The molecule has 26 heavy (non-hydrogen) atoms. The van der Waals surface area contributed by atoms with E-state index in [0.717, 1.165) is 35.0 Å². The predicted octanol–water partition coefficient (Wildman–Crippen LogP) is 4.49. The molecule has 4 rings (SSSR count). The van der Waals surface area contributed by atoms with Crippen LogP contribution in [-0.4, -0.2) is 24.5 Å². The molecule has 134 valence electrons. The summed E-state index contributed by atoms with van der Waals surface area (Å²) in [6, 6.07) is 8.14. The maximum absolute atomic E-state index is 13.4. The van der Waals surface area contributed by atoms with Gasteiger partial charge in [0.2, 0.25) is 5.91 Å². The molecule has 0 saturated carbocycles. The zero-order valence-electron chi connectivity index (χ0n) is 14.3. The average molecular weight is 373 g/mol. The van der Waals surface area contributed by atoms with E-state index in [1.165, 1.54) is 12.1 Å². The number of nitrogens with zero attached hydrogens (tertiary/aromatic N) is 1. The number of hydrogen-bond donors (Lipinski definition) is 1. The second kappa shape index (κ2) is 6.65. The summed E-state index contributed by atoms with van der Waals surface area (Å²) in [5, 5.41) is 1.51. The highest BCUT2D eigenvalue weighted by atomic mass is 35.5. The van der Waals surface area contributed by atoms with Crippen LogP contribution in [0.5, 0.6) is 5.75 Å². The van der Waals surface area contributed by atoms with Crippen molar-refractivity contribution in [3.8, 4) is 5.75 Å². The first-order chi connectivity index (χ1) is 12.6. The van der Waals surface area contributed by atoms with E-state index in [9.17, 15) is 9.18 Å². The van der Waals surface area contributed by atoms with Gasteiger partial charge in [-0.05, 0) is 54.3 Å². The van der Waals surface area contributed by atoms with Crippen LogP contribution < -0.4 is 9.64 Å². The first-order valence-corrected chi connectivity index (χ1v) is 8.87. The molecule has 0 saturated heterocycles. The van der Waals surface area contributed by atoms with Crippen LogP contribution in [0, 0.1) is 5.82 Å². The quantitative estimate of drug-likeness (QED) is 0.736. The Morgan fingerprint density at radius 3 is 3.00 bits per heavy atom. The lowest BCUT2D eigenvalue weighted by atomic mass is 9.99. The van der Waals surface area contributed by atoms with Crippen molar-refractivity contribution in [3.63, 3.8) is 0 Å². The number of carbonyl (C=O) groups excluding carboxylic acids is 1. The molecule has 2 heterocycles. The molecule has 1 N–H and O–H groups in total. The van der Waals surface area contributed by atoms with E-state index in [0.29, 0.717) is 22.8 Å². The van der Waals surface area contributed by atoms with Gasteiger partial charge in [-0.3, -0.25) is 4.79 Å². The van der Waals surface area contributed by atoms with Gasteiger partial charge >= 0.3 is 0 Å².